The predicted octanol–water partition coefficient (Wildman–Crippen LogP) is 4.66. The van der Waals surface area contributed by atoms with Gasteiger partial charge in [0.15, 0.2) is 0 Å². The van der Waals surface area contributed by atoms with Gasteiger partial charge in [-0.15, -0.1) is 0 Å². The average molecular weight is 286 g/mol. The Morgan fingerprint density at radius 2 is 1.62 bits per heavy atom. The largest absolute Gasteiger partial charge is 0.496 e. The first-order valence-electron chi connectivity index (χ1n) is 7.15. The first-order chi connectivity index (χ1) is 10.0. The van der Waals surface area contributed by atoms with Crippen molar-refractivity contribution in [1.82, 2.24) is 0 Å². The number of benzene rings is 2. The monoisotopic (exact) mass is 286 g/mol. The lowest BCUT2D eigenvalue weighted by atomic mass is 10.0. The zero-order valence-corrected chi connectivity index (χ0v) is 13.0. The van der Waals surface area contributed by atoms with Crippen molar-refractivity contribution >= 4 is 0 Å². The molecule has 0 bridgehead atoms. The van der Waals surface area contributed by atoms with Gasteiger partial charge in [0.2, 0.25) is 0 Å². The van der Waals surface area contributed by atoms with Gasteiger partial charge in [-0.2, -0.15) is 0 Å². The van der Waals surface area contributed by atoms with Crippen molar-refractivity contribution in [3.63, 3.8) is 0 Å². The lowest BCUT2D eigenvalue weighted by molar-refractivity contribution is 0.190. The summed E-state index contributed by atoms with van der Waals surface area (Å²) in [7, 11) is 1.59. The Hall–Kier alpha value is -2.00. The number of rotatable bonds is 5. The Bertz CT molecular complexity index is 603. The van der Waals surface area contributed by atoms with Gasteiger partial charge in [0.1, 0.15) is 17.2 Å². The number of methoxy groups -OCH3 is 1. The van der Waals surface area contributed by atoms with Gasteiger partial charge in [0, 0.05) is 0 Å². The number of hydrogen-bond donors (Lipinski definition) is 1. The molecule has 3 nitrogen and oxygen atoms in total. The predicted molar refractivity (Wildman–Crippen MR) is 84.2 cm³/mol. The van der Waals surface area contributed by atoms with Crippen LogP contribution in [0.3, 0.4) is 0 Å². The van der Waals surface area contributed by atoms with Crippen LogP contribution in [-0.2, 0) is 0 Å². The standard InChI is InChI=1S/C18H22O3/c1-12(2)14-7-5-8-15(11-14)21-17-10-6-9-16(20-4)18(17)13(3)19/h5-13,19H,1-4H3/t13-/m1/s1. The third-order valence-corrected chi connectivity index (χ3v) is 3.42. The molecule has 0 fully saturated rings. The summed E-state index contributed by atoms with van der Waals surface area (Å²) in [5.41, 5.74) is 1.88. The van der Waals surface area contributed by atoms with Gasteiger partial charge in [-0.25, -0.2) is 0 Å². The molecule has 0 unspecified atom stereocenters. The second kappa shape index (κ2) is 6.64. The fourth-order valence-electron chi connectivity index (χ4n) is 2.27. The van der Waals surface area contributed by atoms with Gasteiger partial charge in [-0.3, -0.25) is 0 Å². The normalized spacial score (nSPS) is 12.3. The van der Waals surface area contributed by atoms with E-state index >= 15 is 0 Å². The van der Waals surface area contributed by atoms with Crippen molar-refractivity contribution in [1.29, 1.82) is 0 Å². The van der Waals surface area contributed by atoms with Crippen LogP contribution in [0.15, 0.2) is 42.5 Å². The van der Waals surface area contributed by atoms with Crippen LogP contribution in [0.5, 0.6) is 17.2 Å². The Morgan fingerprint density at radius 3 is 2.24 bits per heavy atom. The zero-order chi connectivity index (χ0) is 15.4. The van der Waals surface area contributed by atoms with E-state index in [0.29, 0.717) is 23.0 Å². The quantitative estimate of drug-likeness (QED) is 0.868. The smallest absolute Gasteiger partial charge is 0.136 e. The minimum absolute atomic E-state index is 0.440. The summed E-state index contributed by atoms with van der Waals surface area (Å²) in [6.45, 7) is 5.99. The fourth-order valence-corrected chi connectivity index (χ4v) is 2.27. The van der Waals surface area contributed by atoms with Gasteiger partial charge in [-0.1, -0.05) is 32.0 Å². The fraction of sp³-hybridized carbons (Fsp3) is 0.333. The summed E-state index contributed by atoms with van der Waals surface area (Å²) >= 11 is 0. The van der Waals surface area contributed by atoms with Crippen molar-refractivity contribution in [2.75, 3.05) is 7.11 Å². The molecule has 2 rings (SSSR count). The second-order valence-electron chi connectivity index (χ2n) is 5.38. The lowest BCUT2D eigenvalue weighted by Gasteiger charge is -2.17. The number of hydrogen-bond acceptors (Lipinski definition) is 3. The minimum Gasteiger partial charge on any atom is -0.496 e. The molecule has 0 radical (unpaired) electrons. The Labute approximate surface area is 126 Å². The third kappa shape index (κ3) is 3.56. The molecule has 0 amide bonds. The maximum absolute atomic E-state index is 9.98. The summed E-state index contributed by atoms with van der Waals surface area (Å²) in [4.78, 5) is 0. The van der Waals surface area contributed by atoms with Gasteiger partial charge < -0.3 is 14.6 Å². The van der Waals surface area contributed by atoms with Crippen LogP contribution in [0.25, 0.3) is 0 Å². The molecule has 0 aliphatic rings. The van der Waals surface area contributed by atoms with Gasteiger partial charge >= 0.3 is 0 Å². The molecular weight excluding hydrogens is 264 g/mol. The van der Waals surface area contributed by atoms with Gasteiger partial charge in [0.05, 0.1) is 18.8 Å². The zero-order valence-electron chi connectivity index (χ0n) is 13.0. The molecule has 0 aliphatic carbocycles. The van der Waals surface area contributed by atoms with Crippen molar-refractivity contribution in [2.24, 2.45) is 0 Å². The Balaban J connectivity index is 2.37. The van der Waals surface area contributed by atoms with E-state index in [2.05, 4.69) is 19.9 Å². The van der Waals surface area contributed by atoms with Gasteiger partial charge in [0.25, 0.3) is 0 Å². The summed E-state index contributed by atoms with van der Waals surface area (Å²) in [5, 5.41) is 9.98. The first-order valence-corrected chi connectivity index (χ1v) is 7.15. The van der Waals surface area contributed by atoms with Crippen LogP contribution in [0.4, 0.5) is 0 Å². The molecule has 112 valence electrons. The van der Waals surface area contributed by atoms with Crippen LogP contribution in [0.1, 0.15) is 43.9 Å². The van der Waals surface area contributed by atoms with E-state index in [0.717, 1.165) is 5.75 Å². The maximum Gasteiger partial charge on any atom is 0.136 e. The van der Waals surface area contributed by atoms with Crippen LogP contribution in [0.2, 0.25) is 0 Å². The van der Waals surface area contributed by atoms with E-state index in [-0.39, 0.29) is 0 Å². The van der Waals surface area contributed by atoms with E-state index in [1.165, 1.54) is 5.56 Å². The van der Waals surface area contributed by atoms with Crippen molar-refractivity contribution in [3.8, 4) is 17.2 Å². The summed E-state index contributed by atoms with van der Waals surface area (Å²) in [5.74, 6) is 2.44. The SMILES string of the molecule is COc1cccc(Oc2cccc(C(C)C)c2)c1[C@@H](C)O. The lowest BCUT2D eigenvalue weighted by Crippen LogP contribution is -2.00. The molecule has 21 heavy (non-hydrogen) atoms. The topological polar surface area (TPSA) is 38.7 Å². The molecular formula is C18H22O3. The number of aliphatic hydroxyl groups excluding tert-OH is 1. The van der Waals surface area contributed by atoms with E-state index in [4.69, 9.17) is 9.47 Å². The van der Waals surface area contributed by atoms with Gasteiger partial charge in [-0.05, 0) is 42.7 Å². The van der Waals surface area contributed by atoms with Crippen LogP contribution in [-0.4, -0.2) is 12.2 Å². The number of ether oxygens (including phenoxy) is 2. The van der Waals surface area contributed by atoms with E-state index in [1.54, 1.807) is 14.0 Å². The summed E-state index contributed by atoms with van der Waals surface area (Å²) in [6.07, 6.45) is -0.663. The summed E-state index contributed by atoms with van der Waals surface area (Å²) in [6, 6.07) is 13.5. The highest BCUT2D eigenvalue weighted by atomic mass is 16.5. The van der Waals surface area contributed by atoms with E-state index < -0.39 is 6.10 Å². The Kier molecular flexibility index (Phi) is 4.86. The second-order valence-corrected chi connectivity index (χ2v) is 5.38. The number of aliphatic hydroxyl groups is 1. The maximum atomic E-state index is 9.98. The molecule has 2 aromatic carbocycles. The molecule has 0 aliphatic heterocycles. The molecule has 0 saturated carbocycles. The van der Waals surface area contributed by atoms with Crippen molar-refractivity contribution in [2.45, 2.75) is 32.8 Å². The average Bonchev–Trinajstić information content (AvgIpc) is 2.46. The minimum atomic E-state index is -0.663. The highest BCUT2D eigenvalue weighted by Gasteiger charge is 2.16. The molecule has 3 heteroatoms. The first kappa shape index (κ1) is 15.4. The molecule has 1 N–H and O–H groups in total. The van der Waals surface area contributed by atoms with E-state index in [9.17, 15) is 5.11 Å². The molecule has 0 heterocycles. The van der Waals surface area contributed by atoms with Crippen LogP contribution in [0, 0.1) is 0 Å². The van der Waals surface area contributed by atoms with Crippen molar-refractivity contribution in [3.05, 3.63) is 53.6 Å². The molecule has 0 spiro atoms. The highest BCUT2D eigenvalue weighted by Crippen LogP contribution is 2.36. The van der Waals surface area contributed by atoms with E-state index in [1.807, 2.05) is 36.4 Å². The Morgan fingerprint density at radius 1 is 0.952 bits per heavy atom. The molecule has 0 aromatic heterocycles. The highest BCUT2D eigenvalue weighted by molar-refractivity contribution is 5.48. The molecule has 0 saturated heterocycles. The van der Waals surface area contributed by atoms with Crippen LogP contribution < -0.4 is 9.47 Å². The van der Waals surface area contributed by atoms with Crippen molar-refractivity contribution < 1.29 is 14.6 Å². The third-order valence-electron chi connectivity index (χ3n) is 3.42. The molecule has 1 atom stereocenters. The van der Waals surface area contributed by atoms with Crippen LogP contribution >= 0.6 is 0 Å². The molecule has 2 aromatic rings. The summed E-state index contributed by atoms with van der Waals surface area (Å²) < 4.78 is 11.3.